The van der Waals surface area contributed by atoms with E-state index in [1.54, 1.807) is 6.07 Å². The van der Waals surface area contributed by atoms with Gasteiger partial charge in [-0.25, -0.2) is 0 Å². The van der Waals surface area contributed by atoms with Gasteiger partial charge in [0.2, 0.25) is 0 Å². The van der Waals surface area contributed by atoms with Gasteiger partial charge in [-0.2, -0.15) is 0 Å². The van der Waals surface area contributed by atoms with Crippen molar-refractivity contribution in [2.24, 2.45) is 17.8 Å². The Kier molecular flexibility index (Phi) is 4.48. The van der Waals surface area contributed by atoms with E-state index in [2.05, 4.69) is 37.9 Å². The van der Waals surface area contributed by atoms with Crippen LogP contribution < -0.4 is 0 Å². The molecule has 1 aliphatic heterocycles. The minimum absolute atomic E-state index is 0.407. The molecule has 0 unspecified atom stereocenters. The molecule has 3 nitrogen and oxygen atoms in total. The first-order chi connectivity index (χ1) is 11.2. The lowest BCUT2D eigenvalue weighted by Gasteiger charge is -2.37. The van der Waals surface area contributed by atoms with Crippen LogP contribution in [0.5, 0.6) is 5.75 Å². The minimum atomic E-state index is 0.407. The fraction of sp³-hybridized carbons (Fsp3) is 0.579. The number of rotatable bonds is 4. The first-order valence-corrected chi connectivity index (χ1v) is 9.57. The summed E-state index contributed by atoms with van der Waals surface area (Å²) in [5.41, 5.74) is 1.02. The van der Waals surface area contributed by atoms with Gasteiger partial charge < -0.3 is 10.0 Å². The minimum Gasteiger partial charge on any atom is -0.508 e. The average Bonchev–Trinajstić information content (AvgIpc) is 3.16. The molecule has 124 valence electrons. The highest BCUT2D eigenvalue weighted by molar-refractivity contribution is 9.10. The van der Waals surface area contributed by atoms with Gasteiger partial charge in [-0.1, -0.05) is 28.1 Å². The van der Waals surface area contributed by atoms with Crippen molar-refractivity contribution in [3.05, 3.63) is 40.4 Å². The van der Waals surface area contributed by atoms with Gasteiger partial charge in [-0.3, -0.25) is 4.90 Å². The number of hydrogen-bond acceptors (Lipinski definition) is 3. The van der Waals surface area contributed by atoms with Gasteiger partial charge in [0.25, 0.3) is 0 Å². The fourth-order valence-electron chi connectivity index (χ4n) is 4.49. The predicted octanol–water partition coefficient (Wildman–Crippen LogP) is 3.48. The maximum Gasteiger partial charge on any atom is 0.120 e. The summed E-state index contributed by atoms with van der Waals surface area (Å²) in [6.07, 6.45) is 7.72. The molecule has 2 aliphatic carbocycles. The summed E-state index contributed by atoms with van der Waals surface area (Å²) < 4.78 is 1.04. The molecule has 3 atom stereocenters. The second-order valence-corrected chi connectivity index (χ2v) is 8.31. The summed E-state index contributed by atoms with van der Waals surface area (Å²) in [5.74, 6) is 3.04. The Morgan fingerprint density at radius 1 is 1.04 bits per heavy atom. The van der Waals surface area contributed by atoms with E-state index in [0.29, 0.717) is 5.75 Å². The predicted molar refractivity (Wildman–Crippen MR) is 96.4 cm³/mol. The number of phenolic OH excluding ortho intramolecular Hbond substituents is 1. The van der Waals surface area contributed by atoms with Crippen molar-refractivity contribution in [3.63, 3.8) is 0 Å². The van der Waals surface area contributed by atoms with Crippen LogP contribution >= 0.6 is 15.9 Å². The van der Waals surface area contributed by atoms with Gasteiger partial charge in [0.15, 0.2) is 0 Å². The molecule has 4 rings (SSSR count). The largest absolute Gasteiger partial charge is 0.508 e. The summed E-state index contributed by atoms with van der Waals surface area (Å²) in [5, 5.41) is 10.0. The highest BCUT2D eigenvalue weighted by Gasteiger charge is 2.36. The normalized spacial score (nSPS) is 31.1. The lowest BCUT2D eigenvalue weighted by Crippen LogP contribution is -2.47. The molecule has 1 heterocycles. The Morgan fingerprint density at radius 2 is 1.83 bits per heavy atom. The van der Waals surface area contributed by atoms with Gasteiger partial charge in [0.05, 0.1) is 0 Å². The smallest absolute Gasteiger partial charge is 0.120 e. The fourth-order valence-corrected chi connectivity index (χ4v) is 4.90. The molecule has 1 aromatic carbocycles. The molecule has 2 bridgehead atoms. The molecule has 0 spiro atoms. The van der Waals surface area contributed by atoms with Crippen molar-refractivity contribution in [2.45, 2.75) is 19.4 Å². The van der Waals surface area contributed by atoms with E-state index in [0.717, 1.165) is 60.5 Å². The van der Waals surface area contributed by atoms with Crippen molar-refractivity contribution >= 4 is 15.9 Å². The standard InChI is InChI=1S/C19H25BrN2O/c20-18-3-4-19(23)17(11-18)13-22-7-5-21(6-8-22)12-16-10-14-1-2-15(16)9-14/h1-4,11,14-16,23H,5-10,12-13H2/t14-,15+,16+/m0/s1. The molecular formula is C19H25BrN2O. The average molecular weight is 377 g/mol. The van der Waals surface area contributed by atoms with Crippen molar-refractivity contribution < 1.29 is 5.11 Å². The summed E-state index contributed by atoms with van der Waals surface area (Å²) in [7, 11) is 0. The van der Waals surface area contributed by atoms with Gasteiger partial charge in [0.1, 0.15) is 5.75 Å². The molecule has 0 radical (unpaired) electrons. The third-order valence-corrected chi connectivity index (χ3v) is 6.30. The van der Waals surface area contributed by atoms with Crippen molar-refractivity contribution in [3.8, 4) is 5.75 Å². The third kappa shape index (κ3) is 3.49. The molecular weight excluding hydrogens is 352 g/mol. The van der Waals surface area contributed by atoms with Gasteiger partial charge in [0, 0.05) is 49.3 Å². The third-order valence-electron chi connectivity index (χ3n) is 5.81. The highest BCUT2D eigenvalue weighted by Crippen LogP contribution is 2.43. The quantitative estimate of drug-likeness (QED) is 0.814. The van der Waals surface area contributed by atoms with E-state index >= 15 is 0 Å². The van der Waals surface area contributed by atoms with Crippen LogP contribution in [-0.4, -0.2) is 47.6 Å². The Morgan fingerprint density at radius 3 is 2.52 bits per heavy atom. The van der Waals surface area contributed by atoms with Crippen molar-refractivity contribution in [2.75, 3.05) is 32.7 Å². The summed E-state index contributed by atoms with van der Waals surface area (Å²) in [6, 6.07) is 5.70. The Bertz CT molecular complexity index is 595. The lowest BCUT2D eigenvalue weighted by atomic mass is 9.93. The Balaban J connectivity index is 1.27. The molecule has 4 heteroatoms. The number of piperazine rings is 1. The van der Waals surface area contributed by atoms with E-state index in [1.807, 2.05) is 12.1 Å². The molecule has 1 N–H and O–H groups in total. The molecule has 0 amide bonds. The van der Waals surface area contributed by atoms with Crippen LogP contribution in [0.25, 0.3) is 0 Å². The van der Waals surface area contributed by atoms with Crippen LogP contribution in [0.15, 0.2) is 34.8 Å². The number of fused-ring (bicyclic) bond motifs is 2. The Hall–Kier alpha value is -0.840. The van der Waals surface area contributed by atoms with E-state index in [1.165, 1.54) is 19.4 Å². The molecule has 1 aromatic rings. The Labute approximate surface area is 147 Å². The summed E-state index contributed by atoms with van der Waals surface area (Å²) in [6.45, 7) is 6.64. The number of phenols is 1. The van der Waals surface area contributed by atoms with E-state index in [9.17, 15) is 5.11 Å². The number of halogens is 1. The van der Waals surface area contributed by atoms with Gasteiger partial charge in [-0.05, 0) is 48.8 Å². The van der Waals surface area contributed by atoms with Crippen LogP contribution in [0.4, 0.5) is 0 Å². The zero-order valence-electron chi connectivity index (χ0n) is 13.5. The topological polar surface area (TPSA) is 26.7 Å². The number of allylic oxidation sites excluding steroid dienone is 2. The van der Waals surface area contributed by atoms with Crippen LogP contribution in [0.2, 0.25) is 0 Å². The summed E-state index contributed by atoms with van der Waals surface area (Å²) >= 11 is 3.49. The first-order valence-electron chi connectivity index (χ1n) is 8.78. The van der Waals surface area contributed by atoms with Crippen molar-refractivity contribution in [1.29, 1.82) is 0 Å². The molecule has 1 saturated carbocycles. The van der Waals surface area contributed by atoms with Crippen LogP contribution in [-0.2, 0) is 6.54 Å². The number of aromatic hydroxyl groups is 1. The van der Waals surface area contributed by atoms with Crippen molar-refractivity contribution in [1.82, 2.24) is 9.80 Å². The maximum atomic E-state index is 10.0. The number of nitrogens with zero attached hydrogens (tertiary/aromatic N) is 2. The van der Waals surface area contributed by atoms with Gasteiger partial charge in [-0.15, -0.1) is 0 Å². The van der Waals surface area contributed by atoms with E-state index in [4.69, 9.17) is 0 Å². The van der Waals surface area contributed by atoms with E-state index < -0.39 is 0 Å². The molecule has 1 saturated heterocycles. The summed E-state index contributed by atoms with van der Waals surface area (Å²) in [4.78, 5) is 5.11. The molecule has 3 aliphatic rings. The number of hydrogen-bond donors (Lipinski definition) is 1. The second-order valence-electron chi connectivity index (χ2n) is 7.39. The maximum absolute atomic E-state index is 10.0. The zero-order chi connectivity index (χ0) is 15.8. The molecule has 2 fully saturated rings. The zero-order valence-corrected chi connectivity index (χ0v) is 15.1. The van der Waals surface area contributed by atoms with E-state index in [-0.39, 0.29) is 0 Å². The molecule has 23 heavy (non-hydrogen) atoms. The SMILES string of the molecule is Oc1ccc(Br)cc1CN1CCN(C[C@H]2C[C@H]3C=C[C@@H]2C3)CC1. The lowest BCUT2D eigenvalue weighted by molar-refractivity contribution is 0.108. The highest BCUT2D eigenvalue weighted by atomic mass is 79.9. The number of benzene rings is 1. The van der Waals surface area contributed by atoms with Gasteiger partial charge >= 0.3 is 0 Å². The molecule has 0 aromatic heterocycles. The van der Waals surface area contributed by atoms with Crippen LogP contribution in [0.1, 0.15) is 18.4 Å². The first kappa shape index (κ1) is 15.7. The van der Waals surface area contributed by atoms with Crippen LogP contribution in [0, 0.1) is 17.8 Å². The monoisotopic (exact) mass is 376 g/mol. The second kappa shape index (κ2) is 6.58. The van der Waals surface area contributed by atoms with Crippen LogP contribution in [0.3, 0.4) is 0 Å².